The molecule has 0 unspecified atom stereocenters. The molecule has 0 fully saturated rings. The molecule has 5 nitrogen and oxygen atoms in total. The Morgan fingerprint density at radius 1 is 1.19 bits per heavy atom. The topological polar surface area (TPSA) is 60.1 Å². The van der Waals surface area contributed by atoms with E-state index in [0.717, 1.165) is 16.8 Å². The van der Waals surface area contributed by atoms with Crippen LogP contribution in [0.2, 0.25) is 0 Å². The standard InChI is InChI=1S/C16H15N3O2/c20-16(17-9-13-6-7-21-12-13)8-14-10-18-19(11-14)15-4-2-1-3-5-15/h1-7,10-12H,8-9H2,(H,17,20). The lowest BCUT2D eigenvalue weighted by molar-refractivity contribution is -0.120. The lowest BCUT2D eigenvalue weighted by atomic mass is 10.2. The summed E-state index contributed by atoms with van der Waals surface area (Å²) in [6.45, 7) is 0.474. The van der Waals surface area contributed by atoms with Crippen LogP contribution in [0.15, 0.2) is 65.7 Å². The molecule has 0 aliphatic heterocycles. The van der Waals surface area contributed by atoms with E-state index in [4.69, 9.17) is 4.42 Å². The Labute approximate surface area is 122 Å². The number of amides is 1. The molecule has 1 N–H and O–H groups in total. The summed E-state index contributed by atoms with van der Waals surface area (Å²) in [5.74, 6) is -0.0381. The Morgan fingerprint density at radius 3 is 2.81 bits per heavy atom. The molecule has 2 aromatic heterocycles. The number of aromatic nitrogens is 2. The molecule has 0 spiro atoms. The SMILES string of the molecule is O=C(Cc1cnn(-c2ccccc2)c1)NCc1ccoc1. The summed E-state index contributed by atoms with van der Waals surface area (Å²) in [5.41, 5.74) is 2.80. The van der Waals surface area contributed by atoms with Crippen LogP contribution < -0.4 is 5.32 Å². The van der Waals surface area contributed by atoms with E-state index in [-0.39, 0.29) is 5.91 Å². The smallest absolute Gasteiger partial charge is 0.224 e. The van der Waals surface area contributed by atoms with Gasteiger partial charge in [0.25, 0.3) is 0 Å². The molecule has 106 valence electrons. The van der Waals surface area contributed by atoms with Crippen molar-refractivity contribution in [3.05, 3.63) is 72.4 Å². The van der Waals surface area contributed by atoms with Crippen molar-refractivity contribution in [1.29, 1.82) is 0 Å². The molecule has 0 aliphatic carbocycles. The number of carbonyl (C=O) groups excluding carboxylic acids is 1. The van der Waals surface area contributed by atoms with Crippen molar-refractivity contribution in [2.24, 2.45) is 0 Å². The Hall–Kier alpha value is -2.82. The van der Waals surface area contributed by atoms with E-state index in [9.17, 15) is 4.79 Å². The first-order valence-electron chi connectivity index (χ1n) is 6.68. The van der Waals surface area contributed by atoms with E-state index in [1.165, 1.54) is 0 Å². The summed E-state index contributed by atoms with van der Waals surface area (Å²) < 4.78 is 6.72. The Balaban J connectivity index is 1.58. The largest absolute Gasteiger partial charge is 0.472 e. The number of para-hydroxylation sites is 1. The molecule has 1 aromatic carbocycles. The minimum absolute atomic E-state index is 0.0381. The Kier molecular flexibility index (Phi) is 3.82. The first-order valence-corrected chi connectivity index (χ1v) is 6.68. The number of nitrogens with one attached hydrogen (secondary N) is 1. The number of benzene rings is 1. The predicted octanol–water partition coefficient (Wildman–Crippen LogP) is 2.32. The van der Waals surface area contributed by atoms with Gasteiger partial charge >= 0.3 is 0 Å². The second-order valence-electron chi connectivity index (χ2n) is 4.71. The number of carbonyl (C=O) groups is 1. The maximum Gasteiger partial charge on any atom is 0.224 e. The van der Waals surface area contributed by atoms with Gasteiger partial charge in [-0.2, -0.15) is 5.10 Å². The van der Waals surface area contributed by atoms with Crippen molar-refractivity contribution in [3.63, 3.8) is 0 Å². The highest BCUT2D eigenvalue weighted by Crippen LogP contribution is 2.08. The molecule has 0 saturated heterocycles. The summed E-state index contributed by atoms with van der Waals surface area (Å²) in [7, 11) is 0. The third-order valence-electron chi connectivity index (χ3n) is 3.09. The maximum absolute atomic E-state index is 11.9. The van der Waals surface area contributed by atoms with Crippen LogP contribution in [0, 0.1) is 0 Å². The molecule has 21 heavy (non-hydrogen) atoms. The predicted molar refractivity (Wildman–Crippen MR) is 77.8 cm³/mol. The number of hydrogen-bond acceptors (Lipinski definition) is 3. The number of nitrogens with zero attached hydrogens (tertiary/aromatic N) is 2. The van der Waals surface area contributed by atoms with Gasteiger partial charge in [0.2, 0.25) is 5.91 Å². The molecule has 0 aliphatic rings. The van der Waals surface area contributed by atoms with E-state index in [1.54, 1.807) is 23.4 Å². The van der Waals surface area contributed by atoms with E-state index in [2.05, 4.69) is 10.4 Å². The van der Waals surface area contributed by atoms with Crippen molar-refractivity contribution >= 4 is 5.91 Å². The fourth-order valence-electron chi connectivity index (χ4n) is 2.02. The van der Waals surface area contributed by atoms with E-state index in [0.29, 0.717) is 13.0 Å². The molecule has 5 heteroatoms. The quantitative estimate of drug-likeness (QED) is 0.780. The lowest BCUT2D eigenvalue weighted by Crippen LogP contribution is -2.24. The van der Waals surface area contributed by atoms with Crippen molar-refractivity contribution in [2.45, 2.75) is 13.0 Å². The minimum atomic E-state index is -0.0381. The monoisotopic (exact) mass is 281 g/mol. The van der Waals surface area contributed by atoms with Gasteiger partial charge in [0.15, 0.2) is 0 Å². The molecular weight excluding hydrogens is 266 g/mol. The number of furan rings is 1. The molecule has 0 saturated carbocycles. The summed E-state index contributed by atoms with van der Waals surface area (Å²) >= 11 is 0. The zero-order chi connectivity index (χ0) is 14.5. The van der Waals surface area contributed by atoms with Gasteiger partial charge in [0.1, 0.15) is 0 Å². The zero-order valence-corrected chi connectivity index (χ0v) is 11.4. The van der Waals surface area contributed by atoms with Crippen LogP contribution in [0.5, 0.6) is 0 Å². The van der Waals surface area contributed by atoms with Crippen LogP contribution in [-0.4, -0.2) is 15.7 Å². The van der Waals surface area contributed by atoms with Gasteiger partial charge in [-0.15, -0.1) is 0 Å². The van der Waals surface area contributed by atoms with Crippen molar-refractivity contribution in [1.82, 2.24) is 15.1 Å². The summed E-state index contributed by atoms with van der Waals surface area (Å²) in [6.07, 6.45) is 7.10. The van der Waals surface area contributed by atoms with Gasteiger partial charge in [-0.1, -0.05) is 18.2 Å². The molecule has 0 bridgehead atoms. The zero-order valence-electron chi connectivity index (χ0n) is 11.4. The Morgan fingerprint density at radius 2 is 2.05 bits per heavy atom. The van der Waals surface area contributed by atoms with Gasteiger partial charge in [-0.25, -0.2) is 4.68 Å². The molecule has 0 radical (unpaired) electrons. The Bertz CT molecular complexity index is 702. The maximum atomic E-state index is 11.9. The van der Waals surface area contributed by atoms with Crippen LogP contribution in [0.1, 0.15) is 11.1 Å². The average Bonchev–Trinajstić information content (AvgIpc) is 3.17. The molecule has 3 aromatic rings. The number of rotatable bonds is 5. The third kappa shape index (κ3) is 3.39. The van der Waals surface area contributed by atoms with Crippen LogP contribution in [-0.2, 0) is 17.8 Å². The van der Waals surface area contributed by atoms with Gasteiger partial charge in [-0.05, 0) is 23.8 Å². The fourth-order valence-corrected chi connectivity index (χ4v) is 2.02. The van der Waals surface area contributed by atoms with Crippen LogP contribution >= 0.6 is 0 Å². The normalized spacial score (nSPS) is 10.5. The molecule has 3 rings (SSSR count). The van der Waals surface area contributed by atoms with E-state index < -0.39 is 0 Å². The highest BCUT2D eigenvalue weighted by molar-refractivity contribution is 5.78. The van der Waals surface area contributed by atoms with Gasteiger partial charge in [0, 0.05) is 18.3 Å². The average molecular weight is 281 g/mol. The summed E-state index contributed by atoms with van der Waals surface area (Å²) in [6, 6.07) is 11.6. The van der Waals surface area contributed by atoms with Crippen LogP contribution in [0.25, 0.3) is 5.69 Å². The number of hydrogen-bond donors (Lipinski definition) is 1. The van der Waals surface area contributed by atoms with Crippen molar-refractivity contribution in [2.75, 3.05) is 0 Å². The highest BCUT2D eigenvalue weighted by atomic mass is 16.3. The van der Waals surface area contributed by atoms with Crippen molar-refractivity contribution < 1.29 is 9.21 Å². The van der Waals surface area contributed by atoms with Gasteiger partial charge < -0.3 is 9.73 Å². The third-order valence-corrected chi connectivity index (χ3v) is 3.09. The minimum Gasteiger partial charge on any atom is -0.472 e. The van der Waals surface area contributed by atoms with Crippen molar-refractivity contribution in [3.8, 4) is 5.69 Å². The van der Waals surface area contributed by atoms with Crippen LogP contribution in [0.4, 0.5) is 0 Å². The summed E-state index contributed by atoms with van der Waals surface area (Å²) in [5, 5.41) is 7.12. The summed E-state index contributed by atoms with van der Waals surface area (Å²) in [4.78, 5) is 11.9. The van der Waals surface area contributed by atoms with Crippen LogP contribution in [0.3, 0.4) is 0 Å². The van der Waals surface area contributed by atoms with Gasteiger partial charge in [-0.3, -0.25) is 4.79 Å². The lowest BCUT2D eigenvalue weighted by Gasteiger charge is -2.02. The first-order chi connectivity index (χ1) is 10.3. The molecule has 2 heterocycles. The highest BCUT2D eigenvalue weighted by Gasteiger charge is 2.07. The fraction of sp³-hybridized carbons (Fsp3) is 0.125. The van der Waals surface area contributed by atoms with Gasteiger partial charge in [0.05, 0.1) is 30.8 Å². The van der Waals surface area contributed by atoms with E-state index >= 15 is 0 Å². The van der Waals surface area contributed by atoms with E-state index in [1.807, 2.05) is 42.6 Å². The molecule has 1 amide bonds. The first kappa shape index (κ1) is 13.2. The second-order valence-corrected chi connectivity index (χ2v) is 4.71. The second kappa shape index (κ2) is 6.09. The molecule has 0 atom stereocenters. The molecular formula is C16H15N3O2.